The monoisotopic (exact) mass is 405 g/mol. The Labute approximate surface area is 151 Å². The molecule has 0 saturated carbocycles. The maximum absolute atomic E-state index is 12.3. The Morgan fingerprint density at radius 2 is 2.04 bits per heavy atom. The molecule has 0 radical (unpaired) electrons. The quantitative estimate of drug-likeness (QED) is 0.710. The summed E-state index contributed by atoms with van der Waals surface area (Å²) >= 11 is 13.3. The fourth-order valence-corrected chi connectivity index (χ4v) is 5.49. The van der Waals surface area contributed by atoms with Crippen molar-refractivity contribution in [3.05, 3.63) is 33.1 Å². The number of thiophene rings is 1. The van der Waals surface area contributed by atoms with E-state index in [9.17, 15) is 13.2 Å². The van der Waals surface area contributed by atoms with Crippen LogP contribution in [-0.4, -0.2) is 32.5 Å². The zero-order valence-corrected chi connectivity index (χ0v) is 15.1. The van der Waals surface area contributed by atoms with E-state index in [4.69, 9.17) is 28.3 Å². The van der Waals surface area contributed by atoms with Crippen LogP contribution < -0.4 is 10.0 Å². The van der Waals surface area contributed by atoms with Crippen LogP contribution in [0.25, 0.3) is 11.1 Å². The van der Waals surface area contributed by atoms with Crippen LogP contribution in [0.2, 0.25) is 9.36 Å². The molecular formula is C13H9Cl2N3O4S2. The number of aromatic carboxylic acids is 1. The van der Waals surface area contributed by atoms with E-state index >= 15 is 0 Å². The van der Waals surface area contributed by atoms with E-state index in [-0.39, 0.29) is 30.8 Å². The zero-order chi connectivity index (χ0) is 17.6. The van der Waals surface area contributed by atoms with E-state index in [1.807, 2.05) is 0 Å². The highest BCUT2D eigenvalue weighted by molar-refractivity contribution is 7.92. The minimum absolute atomic E-state index is 0.00766. The van der Waals surface area contributed by atoms with Crippen molar-refractivity contribution < 1.29 is 18.3 Å². The molecule has 1 aliphatic rings. The lowest BCUT2D eigenvalue weighted by Crippen LogP contribution is -2.39. The standard InChI is InChI=1S/C13H9Cl2N3O4S2/c1-16-13-17-9-8(10(15)23-12(9)24(21,22)18-13)6-3-2-5(11(19)20)4-7(6)14/h2-4H,1H3,(H,19,20)(H2,16,17,18). The lowest BCUT2D eigenvalue weighted by Gasteiger charge is -2.19. The highest BCUT2D eigenvalue weighted by Crippen LogP contribution is 2.49. The number of aliphatic imine (C=N–C) groups is 1. The molecule has 2 heterocycles. The maximum atomic E-state index is 12.3. The SMILES string of the molecule is CN=C1Nc2c(sc(Cl)c2-c2ccc(C(=O)O)cc2Cl)S(=O)(=O)N1. The summed E-state index contributed by atoms with van der Waals surface area (Å²) in [6, 6.07) is 4.14. The molecule has 0 unspecified atom stereocenters. The number of carbonyl (C=O) groups is 1. The normalized spacial score (nSPS) is 17.0. The Kier molecular flexibility index (Phi) is 4.20. The van der Waals surface area contributed by atoms with Crippen molar-refractivity contribution in [2.45, 2.75) is 4.21 Å². The number of hydrogen-bond acceptors (Lipinski definition) is 5. The van der Waals surface area contributed by atoms with Gasteiger partial charge in [0.05, 0.1) is 11.3 Å². The topological polar surface area (TPSA) is 108 Å². The van der Waals surface area contributed by atoms with Gasteiger partial charge in [0.15, 0.2) is 4.21 Å². The van der Waals surface area contributed by atoms with E-state index < -0.39 is 16.0 Å². The number of anilines is 1. The Hall–Kier alpha value is -1.81. The van der Waals surface area contributed by atoms with Gasteiger partial charge in [0, 0.05) is 23.2 Å². The van der Waals surface area contributed by atoms with Crippen molar-refractivity contribution in [1.29, 1.82) is 0 Å². The molecule has 24 heavy (non-hydrogen) atoms. The Morgan fingerprint density at radius 1 is 1.33 bits per heavy atom. The van der Waals surface area contributed by atoms with E-state index in [0.29, 0.717) is 11.1 Å². The van der Waals surface area contributed by atoms with Crippen molar-refractivity contribution in [3.63, 3.8) is 0 Å². The fourth-order valence-electron chi connectivity index (χ4n) is 2.20. The van der Waals surface area contributed by atoms with Crippen LogP contribution in [0, 0.1) is 0 Å². The van der Waals surface area contributed by atoms with Gasteiger partial charge in [-0.2, -0.15) is 0 Å². The molecule has 11 heteroatoms. The molecule has 0 spiro atoms. The predicted octanol–water partition coefficient (Wildman–Crippen LogP) is 3.11. The molecule has 1 aliphatic heterocycles. The summed E-state index contributed by atoms with van der Waals surface area (Å²) in [6.45, 7) is 0. The number of hydrogen-bond donors (Lipinski definition) is 3. The van der Waals surface area contributed by atoms with Crippen LogP contribution >= 0.6 is 34.5 Å². The van der Waals surface area contributed by atoms with Gasteiger partial charge in [-0.1, -0.05) is 29.3 Å². The third-order valence-corrected chi connectivity index (χ3v) is 6.83. The number of carboxylic acids is 1. The summed E-state index contributed by atoms with van der Waals surface area (Å²) in [5.74, 6) is -1.07. The van der Waals surface area contributed by atoms with Crippen molar-refractivity contribution in [3.8, 4) is 11.1 Å². The molecule has 0 atom stereocenters. The molecule has 126 valence electrons. The summed E-state index contributed by atoms with van der Waals surface area (Å²) in [5.41, 5.74) is 1.07. The lowest BCUT2D eigenvalue weighted by molar-refractivity contribution is 0.0697. The molecule has 0 saturated heterocycles. The maximum Gasteiger partial charge on any atom is 0.335 e. The van der Waals surface area contributed by atoms with Gasteiger partial charge in [-0.3, -0.25) is 4.99 Å². The van der Waals surface area contributed by atoms with Crippen LogP contribution in [0.4, 0.5) is 5.69 Å². The molecule has 0 fully saturated rings. The second-order valence-corrected chi connectivity index (χ2v) is 8.62. The number of rotatable bonds is 2. The highest BCUT2D eigenvalue weighted by Gasteiger charge is 2.33. The first-order valence-corrected chi connectivity index (χ1v) is 9.42. The second kappa shape index (κ2) is 5.92. The largest absolute Gasteiger partial charge is 0.478 e. The minimum Gasteiger partial charge on any atom is -0.478 e. The van der Waals surface area contributed by atoms with E-state index in [1.165, 1.54) is 25.2 Å². The van der Waals surface area contributed by atoms with Gasteiger partial charge in [-0.25, -0.2) is 17.9 Å². The van der Waals surface area contributed by atoms with Crippen LogP contribution in [-0.2, 0) is 10.0 Å². The number of halogens is 2. The van der Waals surface area contributed by atoms with Gasteiger partial charge in [0.25, 0.3) is 10.0 Å². The van der Waals surface area contributed by atoms with Crippen molar-refractivity contribution in [1.82, 2.24) is 4.72 Å². The highest BCUT2D eigenvalue weighted by atomic mass is 35.5. The first-order valence-electron chi connectivity index (χ1n) is 6.36. The van der Waals surface area contributed by atoms with Gasteiger partial charge < -0.3 is 10.4 Å². The van der Waals surface area contributed by atoms with Gasteiger partial charge in [-0.05, 0) is 12.1 Å². The van der Waals surface area contributed by atoms with Gasteiger partial charge in [0.2, 0.25) is 5.96 Å². The summed E-state index contributed by atoms with van der Waals surface area (Å²) < 4.78 is 27.1. The molecule has 3 rings (SSSR count). The Balaban J connectivity index is 2.25. The molecule has 3 N–H and O–H groups in total. The molecule has 0 bridgehead atoms. The summed E-state index contributed by atoms with van der Waals surface area (Å²) in [5, 5.41) is 12.0. The number of carboxylic acid groups (broad SMARTS) is 1. The third kappa shape index (κ3) is 2.73. The predicted molar refractivity (Wildman–Crippen MR) is 94.0 cm³/mol. The molecule has 2 aromatic rings. The fraction of sp³-hybridized carbons (Fsp3) is 0.0769. The molecule has 0 aliphatic carbocycles. The lowest BCUT2D eigenvalue weighted by atomic mass is 10.1. The van der Waals surface area contributed by atoms with Crippen molar-refractivity contribution in [2.75, 3.05) is 12.4 Å². The Morgan fingerprint density at radius 3 is 2.62 bits per heavy atom. The van der Waals surface area contributed by atoms with Gasteiger partial charge in [-0.15, -0.1) is 11.3 Å². The third-order valence-electron chi connectivity index (χ3n) is 3.26. The van der Waals surface area contributed by atoms with Crippen LogP contribution in [0.5, 0.6) is 0 Å². The smallest absolute Gasteiger partial charge is 0.335 e. The van der Waals surface area contributed by atoms with E-state index in [1.54, 1.807) is 0 Å². The van der Waals surface area contributed by atoms with Crippen LogP contribution in [0.1, 0.15) is 10.4 Å². The van der Waals surface area contributed by atoms with Crippen molar-refractivity contribution >= 4 is 62.2 Å². The minimum atomic E-state index is -3.79. The van der Waals surface area contributed by atoms with Crippen LogP contribution in [0.3, 0.4) is 0 Å². The first kappa shape index (κ1) is 17.0. The van der Waals surface area contributed by atoms with Gasteiger partial charge in [0.1, 0.15) is 4.34 Å². The zero-order valence-electron chi connectivity index (χ0n) is 11.9. The molecule has 1 aromatic heterocycles. The molecule has 0 amide bonds. The van der Waals surface area contributed by atoms with E-state index in [0.717, 1.165) is 11.3 Å². The number of nitrogens with one attached hydrogen (secondary N) is 2. The number of guanidine groups is 1. The summed E-state index contributed by atoms with van der Waals surface area (Å²) in [4.78, 5) is 14.8. The molecular weight excluding hydrogens is 397 g/mol. The number of sulfonamides is 1. The summed E-state index contributed by atoms with van der Waals surface area (Å²) in [6.07, 6.45) is 0. The molecule has 1 aromatic carbocycles. The van der Waals surface area contributed by atoms with Gasteiger partial charge >= 0.3 is 5.97 Å². The average Bonchev–Trinajstić information content (AvgIpc) is 2.84. The Bertz CT molecular complexity index is 999. The summed E-state index contributed by atoms with van der Waals surface area (Å²) in [7, 11) is -2.37. The van der Waals surface area contributed by atoms with Crippen LogP contribution in [0.15, 0.2) is 27.4 Å². The number of nitrogens with zero attached hydrogens (tertiary/aromatic N) is 1. The number of fused-ring (bicyclic) bond motifs is 1. The van der Waals surface area contributed by atoms with Crippen molar-refractivity contribution in [2.24, 2.45) is 4.99 Å². The number of benzene rings is 1. The second-order valence-electron chi connectivity index (χ2n) is 4.72. The molecule has 7 nitrogen and oxygen atoms in total. The first-order chi connectivity index (χ1) is 11.2. The van der Waals surface area contributed by atoms with E-state index in [2.05, 4.69) is 15.0 Å². The average molecular weight is 406 g/mol.